The molecule has 2 rings (SSSR count). The average Bonchev–Trinajstić information content (AvgIpc) is 2.86. The Morgan fingerprint density at radius 1 is 1.23 bits per heavy atom. The molecule has 0 amide bonds. The van der Waals surface area contributed by atoms with Crippen molar-refractivity contribution >= 4 is 5.97 Å². The van der Waals surface area contributed by atoms with E-state index in [1.165, 1.54) is 0 Å². The summed E-state index contributed by atoms with van der Waals surface area (Å²) in [4.78, 5) is 17.2. The van der Waals surface area contributed by atoms with Gasteiger partial charge in [0.15, 0.2) is 0 Å². The van der Waals surface area contributed by atoms with Crippen LogP contribution in [0.15, 0.2) is 30.3 Å². The third-order valence-electron chi connectivity index (χ3n) is 4.18. The van der Waals surface area contributed by atoms with E-state index >= 15 is 0 Å². The molecule has 4 heteroatoms. The molecule has 1 saturated heterocycles. The quantitative estimate of drug-likeness (QED) is 0.774. The maximum absolute atomic E-state index is 11.7. The Balaban J connectivity index is 1.96. The second-order valence-electron chi connectivity index (χ2n) is 6.65. The zero-order valence-corrected chi connectivity index (χ0v) is 14.0. The van der Waals surface area contributed by atoms with Crippen molar-refractivity contribution in [2.45, 2.75) is 52.8 Å². The van der Waals surface area contributed by atoms with E-state index in [1.54, 1.807) is 0 Å². The predicted molar refractivity (Wildman–Crippen MR) is 85.9 cm³/mol. The fourth-order valence-corrected chi connectivity index (χ4v) is 2.76. The van der Waals surface area contributed by atoms with Gasteiger partial charge in [-0.1, -0.05) is 58.0 Å². The van der Waals surface area contributed by atoms with Crippen molar-refractivity contribution in [1.29, 1.82) is 0 Å². The van der Waals surface area contributed by atoms with E-state index in [1.807, 2.05) is 23.3 Å². The Labute approximate surface area is 133 Å². The fourth-order valence-electron chi connectivity index (χ4n) is 2.76. The van der Waals surface area contributed by atoms with Gasteiger partial charge in [-0.2, -0.15) is 0 Å². The number of carbonyl (C=O) groups is 1. The molecule has 4 nitrogen and oxygen atoms in total. The monoisotopic (exact) mass is 305 g/mol. The highest BCUT2D eigenvalue weighted by Crippen LogP contribution is 2.28. The molecule has 0 unspecified atom stereocenters. The molecule has 0 saturated carbocycles. The first-order valence-electron chi connectivity index (χ1n) is 8.09. The van der Waals surface area contributed by atoms with Crippen molar-refractivity contribution in [3.05, 3.63) is 35.9 Å². The van der Waals surface area contributed by atoms with Crippen molar-refractivity contribution in [2.75, 3.05) is 6.61 Å². The van der Waals surface area contributed by atoms with Crippen LogP contribution in [0, 0.1) is 11.8 Å². The molecule has 1 aromatic rings. The lowest BCUT2D eigenvalue weighted by atomic mass is 9.97. The molecule has 22 heavy (non-hydrogen) atoms. The largest absolute Gasteiger partial charge is 0.375 e. The Morgan fingerprint density at radius 3 is 2.50 bits per heavy atom. The van der Waals surface area contributed by atoms with Crippen LogP contribution in [0.5, 0.6) is 0 Å². The van der Waals surface area contributed by atoms with Gasteiger partial charge >= 0.3 is 5.97 Å². The number of nitrogens with zero attached hydrogens (tertiary/aromatic N) is 1. The van der Waals surface area contributed by atoms with E-state index in [0.29, 0.717) is 31.5 Å². The summed E-state index contributed by atoms with van der Waals surface area (Å²) in [6.07, 6.45) is 0.472. The van der Waals surface area contributed by atoms with Crippen LogP contribution in [0.1, 0.15) is 39.7 Å². The molecule has 122 valence electrons. The van der Waals surface area contributed by atoms with Crippen LogP contribution < -0.4 is 0 Å². The van der Waals surface area contributed by atoms with E-state index < -0.39 is 0 Å². The van der Waals surface area contributed by atoms with Crippen LogP contribution in [-0.4, -0.2) is 29.7 Å². The molecule has 2 atom stereocenters. The van der Waals surface area contributed by atoms with Gasteiger partial charge in [-0.25, -0.2) is 0 Å². The standard InChI is InChI=1S/C18H27NO3/c1-13(2)16-10-18(20)22-19(16)17(14(3)4)12-21-11-15-8-6-5-7-9-15/h5-9,13-14,16-17H,10-12H2,1-4H3/t16-,17+/m0/s1. The van der Waals surface area contributed by atoms with E-state index in [2.05, 4.69) is 39.8 Å². The van der Waals surface area contributed by atoms with Crippen molar-refractivity contribution in [1.82, 2.24) is 5.06 Å². The molecular weight excluding hydrogens is 278 g/mol. The van der Waals surface area contributed by atoms with Gasteiger partial charge in [0.2, 0.25) is 0 Å². The van der Waals surface area contributed by atoms with Crippen molar-refractivity contribution in [2.24, 2.45) is 11.8 Å². The van der Waals surface area contributed by atoms with Gasteiger partial charge in [0.05, 0.1) is 31.7 Å². The van der Waals surface area contributed by atoms with Gasteiger partial charge in [-0.15, -0.1) is 5.06 Å². The van der Waals surface area contributed by atoms with Crippen LogP contribution in [0.3, 0.4) is 0 Å². The van der Waals surface area contributed by atoms with Crippen LogP contribution in [0.25, 0.3) is 0 Å². The van der Waals surface area contributed by atoms with Crippen LogP contribution in [0.4, 0.5) is 0 Å². The van der Waals surface area contributed by atoms with E-state index in [0.717, 1.165) is 5.56 Å². The summed E-state index contributed by atoms with van der Waals surface area (Å²) in [7, 11) is 0. The van der Waals surface area contributed by atoms with Gasteiger partial charge in [0, 0.05) is 0 Å². The van der Waals surface area contributed by atoms with Crippen molar-refractivity contribution in [3.8, 4) is 0 Å². The van der Waals surface area contributed by atoms with Gasteiger partial charge in [-0.3, -0.25) is 4.79 Å². The van der Waals surface area contributed by atoms with Crippen molar-refractivity contribution in [3.63, 3.8) is 0 Å². The van der Waals surface area contributed by atoms with Crippen LogP contribution >= 0.6 is 0 Å². The molecule has 1 aliphatic heterocycles. The molecule has 0 spiro atoms. The van der Waals surface area contributed by atoms with E-state index in [4.69, 9.17) is 9.57 Å². The Morgan fingerprint density at radius 2 is 1.91 bits per heavy atom. The number of carbonyl (C=O) groups excluding carboxylic acids is 1. The summed E-state index contributed by atoms with van der Waals surface area (Å²) in [5.74, 6) is 0.595. The highest BCUT2D eigenvalue weighted by Gasteiger charge is 2.40. The summed E-state index contributed by atoms with van der Waals surface area (Å²) in [6, 6.07) is 10.3. The van der Waals surface area contributed by atoms with E-state index in [9.17, 15) is 4.79 Å². The lowest BCUT2D eigenvalue weighted by Gasteiger charge is -2.34. The van der Waals surface area contributed by atoms with Crippen molar-refractivity contribution < 1.29 is 14.4 Å². The molecule has 0 N–H and O–H groups in total. The zero-order chi connectivity index (χ0) is 16.1. The SMILES string of the molecule is CC(C)[C@@H](COCc1ccccc1)N1OC(=O)C[C@H]1C(C)C. The highest BCUT2D eigenvalue weighted by molar-refractivity contribution is 5.71. The summed E-state index contributed by atoms with van der Waals surface area (Å²) in [5, 5.41) is 1.88. The summed E-state index contributed by atoms with van der Waals surface area (Å²) < 4.78 is 5.89. The predicted octanol–water partition coefficient (Wildman–Crippen LogP) is 3.42. The summed E-state index contributed by atoms with van der Waals surface area (Å²) >= 11 is 0. The molecule has 0 aromatic heterocycles. The third kappa shape index (κ3) is 4.31. The zero-order valence-electron chi connectivity index (χ0n) is 14.0. The minimum Gasteiger partial charge on any atom is -0.375 e. The number of ether oxygens (including phenoxy) is 1. The smallest absolute Gasteiger partial charge is 0.326 e. The number of hydroxylamine groups is 2. The lowest BCUT2D eigenvalue weighted by Crippen LogP contribution is -2.46. The Kier molecular flexibility index (Phi) is 5.98. The van der Waals surface area contributed by atoms with Gasteiger partial charge in [0.25, 0.3) is 0 Å². The Bertz CT molecular complexity index is 472. The minimum absolute atomic E-state index is 0.0857. The highest BCUT2D eigenvalue weighted by atomic mass is 16.7. The third-order valence-corrected chi connectivity index (χ3v) is 4.18. The van der Waals surface area contributed by atoms with Crippen LogP contribution in [0.2, 0.25) is 0 Å². The fraction of sp³-hybridized carbons (Fsp3) is 0.611. The molecule has 1 fully saturated rings. The first-order chi connectivity index (χ1) is 10.5. The second-order valence-corrected chi connectivity index (χ2v) is 6.65. The number of benzene rings is 1. The van der Waals surface area contributed by atoms with E-state index in [-0.39, 0.29) is 18.1 Å². The van der Waals surface area contributed by atoms with Crippen LogP contribution in [-0.2, 0) is 21.0 Å². The molecule has 0 radical (unpaired) electrons. The Hall–Kier alpha value is -1.39. The molecule has 1 heterocycles. The average molecular weight is 305 g/mol. The molecule has 1 aromatic carbocycles. The topological polar surface area (TPSA) is 38.8 Å². The van der Waals surface area contributed by atoms with Gasteiger partial charge in [0.1, 0.15) is 0 Å². The second kappa shape index (κ2) is 7.75. The maximum Gasteiger partial charge on any atom is 0.326 e. The van der Waals surface area contributed by atoms with Gasteiger partial charge in [-0.05, 0) is 17.4 Å². The number of hydrogen-bond donors (Lipinski definition) is 0. The lowest BCUT2D eigenvalue weighted by molar-refractivity contribution is -0.201. The normalized spacial score (nSPS) is 20.6. The minimum atomic E-state index is -0.132. The first-order valence-corrected chi connectivity index (χ1v) is 8.09. The van der Waals surface area contributed by atoms with Gasteiger partial charge < -0.3 is 9.57 Å². The molecular formula is C18H27NO3. The number of hydrogen-bond acceptors (Lipinski definition) is 4. The molecule has 0 aliphatic carbocycles. The first kappa shape index (κ1) is 17.0. The maximum atomic E-state index is 11.7. The number of rotatable bonds is 7. The summed E-state index contributed by atoms with van der Waals surface area (Å²) in [5.41, 5.74) is 1.16. The molecule has 1 aliphatic rings. The summed E-state index contributed by atoms with van der Waals surface area (Å²) in [6.45, 7) is 9.67. The molecule has 0 bridgehead atoms.